The number of nitrogens with zero attached hydrogens (tertiary/aromatic N) is 3. The van der Waals surface area contributed by atoms with Gasteiger partial charge in [0.2, 0.25) is 11.7 Å². The highest BCUT2D eigenvalue weighted by Crippen LogP contribution is 2.30. The van der Waals surface area contributed by atoms with E-state index in [0.29, 0.717) is 24.8 Å². The van der Waals surface area contributed by atoms with Crippen LogP contribution in [0.25, 0.3) is 11.4 Å². The summed E-state index contributed by atoms with van der Waals surface area (Å²) in [4.78, 5) is 20.0. The standard InChI is InChI=1S/C19H17N3O2S/c1-25-16-10-6-5-9-15(16)19(23)22-11-14(12-22)18-20-17(21-24-18)13-7-3-2-4-8-13/h2-10,14H,11-12H2,1H3. The monoisotopic (exact) mass is 351 g/mol. The van der Waals surface area contributed by atoms with Gasteiger partial charge < -0.3 is 9.42 Å². The van der Waals surface area contributed by atoms with Gasteiger partial charge in [0.05, 0.1) is 11.5 Å². The second-order valence-electron chi connectivity index (χ2n) is 5.93. The number of carbonyl (C=O) groups is 1. The third-order valence-electron chi connectivity index (χ3n) is 4.33. The van der Waals surface area contributed by atoms with E-state index < -0.39 is 0 Å². The van der Waals surface area contributed by atoms with Crippen LogP contribution in [0.3, 0.4) is 0 Å². The minimum absolute atomic E-state index is 0.0593. The smallest absolute Gasteiger partial charge is 0.255 e. The number of likely N-dealkylation sites (tertiary alicyclic amines) is 1. The molecule has 0 bridgehead atoms. The average molecular weight is 351 g/mol. The third kappa shape index (κ3) is 3.05. The largest absolute Gasteiger partial charge is 0.339 e. The molecule has 1 fully saturated rings. The summed E-state index contributed by atoms with van der Waals surface area (Å²) in [6, 6.07) is 17.4. The Morgan fingerprint density at radius 2 is 1.84 bits per heavy atom. The Morgan fingerprint density at radius 1 is 1.12 bits per heavy atom. The lowest BCUT2D eigenvalue weighted by Gasteiger charge is -2.37. The Balaban J connectivity index is 1.44. The summed E-state index contributed by atoms with van der Waals surface area (Å²) in [7, 11) is 0. The van der Waals surface area contributed by atoms with Crippen molar-refractivity contribution in [3.05, 3.63) is 66.1 Å². The Hall–Kier alpha value is -2.60. The van der Waals surface area contributed by atoms with Crippen LogP contribution < -0.4 is 0 Å². The van der Waals surface area contributed by atoms with E-state index in [1.807, 2.05) is 65.8 Å². The normalized spacial score (nSPS) is 14.4. The highest BCUT2D eigenvalue weighted by Gasteiger charge is 2.36. The van der Waals surface area contributed by atoms with Gasteiger partial charge >= 0.3 is 0 Å². The van der Waals surface area contributed by atoms with Crippen molar-refractivity contribution in [2.24, 2.45) is 0 Å². The number of rotatable bonds is 4. The van der Waals surface area contributed by atoms with Crippen molar-refractivity contribution in [3.63, 3.8) is 0 Å². The maximum absolute atomic E-state index is 12.7. The summed E-state index contributed by atoms with van der Waals surface area (Å²) in [5.74, 6) is 1.36. The summed E-state index contributed by atoms with van der Waals surface area (Å²) >= 11 is 1.59. The van der Waals surface area contributed by atoms with E-state index in [9.17, 15) is 4.79 Å². The van der Waals surface area contributed by atoms with Crippen LogP contribution in [0.1, 0.15) is 22.2 Å². The molecule has 25 heavy (non-hydrogen) atoms. The van der Waals surface area contributed by atoms with E-state index >= 15 is 0 Å². The van der Waals surface area contributed by atoms with E-state index in [2.05, 4.69) is 10.1 Å². The zero-order valence-electron chi connectivity index (χ0n) is 13.8. The van der Waals surface area contributed by atoms with Gasteiger partial charge in [-0.15, -0.1) is 11.8 Å². The number of carbonyl (C=O) groups excluding carboxylic acids is 1. The van der Waals surface area contributed by atoms with Crippen LogP contribution in [0.15, 0.2) is 64.0 Å². The molecule has 0 unspecified atom stereocenters. The quantitative estimate of drug-likeness (QED) is 0.671. The summed E-state index contributed by atoms with van der Waals surface area (Å²) in [5, 5.41) is 4.05. The summed E-state index contributed by atoms with van der Waals surface area (Å²) in [5.41, 5.74) is 1.68. The Bertz CT molecular complexity index is 888. The lowest BCUT2D eigenvalue weighted by atomic mass is 9.98. The number of hydrogen-bond acceptors (Lipinski definition) is 5. The highest BCUT2D eigenvalue weighted by molar-refractivity contribution is 7.98. The van der Waals surface area contributed by atoms with E-state index in [1.165, 1.54) is 0 Å². The molecule has 0 aliphatic carbocycles. The molecule has 2 aromatic carbocycles. The van der Waals surface area contributed by atoms with Gasteiger partial charge in [-0.2, -0.15) is 4.98 Å². The zero-order valence-corrected chi connectivity index (χ0v) is 14.6. The molecule has 1 saturated heterocycles. The Morgan fingerprint density at radius 3 is 2.60 bits per heavy atom. The number of amides is 1. The fourth-order valence-corrected chi connectivity index (χ4v) is 3.49. The average Bonchev–Trinajstić information content (AvgIpc) is 3.10. The van der Waals surface area contributed by atoms with Crippen LogP contribution in [-0.4, -0.2) is 40.3 Å². The molecule has 5 nitrogen and oxygen atoms in total. The minimum Gasteiger partial charge on any atom is -0.339 e. The van der Waals surface area contributed by atoms with Crippen LogP contribution in [0.2, 0.25) is 0 Å². The van der Waals surface area contributed by atoms with E-state index in [1.54, 1.807) is 11.8 Å². The lowest BCUT2D eigenvalue weighted by Crippen LogP contribution is -2.48. The Labute approximate surface area is 150 Å². The van der Waals surface area contributed by atoms with Crippen molar-refractivity contribution in [1.82, 2.24) is 15.0 Å². The first-order valence-corrected chi connectivity index (χ1v) is 9.30. The van der Waals surface area contributed by atoms with Gasteiger partial charge in [0.1, 0.15) is 0 Å². The predicted octanol–water partition coefficient (Wildman–Crippen LogP) is 3.70. The van der Waals surface area contributed by atoms with Crippen LogP contribution in [0.5, 0.6) is 0 Å². The first kappa shape index (κ1) is 15.9. The van der Waals surface area contributed by atoms with Crippen molar-refractivity contribution in [2.75, 3.05) is 19.3 Å². The number of hydrogen-bond donors (Lipinski definition) is 0. The molecule has 0 radical (unpaired) electrons. The molecular formula is C19H17N3O2S. The van der Waals surface area contributed by atoms with Gasteiger partial charge in [-0.3, -0.25) is 4.79 Å². The highest BCUT2D eigenvalue weighted by atomic mass is 32.2. The van der Waals surface area contributed by atoms with Gasteiger partial charge in [0.15, 0.2) is 0 Å². The second kappa shape index (κ2) is 6.72. The van der Waals surface area contributed by atoms with Crippen molar-refractivity contribution in [2.45, 2.75) is 10.8 Å². The number of aromatic nitrogens is 2. The maximum atomic E-state index is 12.7. The fraction of sp³-hybridized carbons (Fsp3) is 0.211. The molecule has 6 heteroatoms. The molecule has 1 amide bonds. The predicted molar refractivity (Wildman–Crippen MR) is 96.6 cm³/mol. The zero-order chi connectivity index (χ0) is 17.2. The molecule has 1 aromatic heterocycles. The molecule has 1 aliphatic rings. The first-order chi connectivity index (χ1) is 12.3. The van der Waals surface area contributed by atoms with Crippen LogP contribution in [0.4, 0.5) is 0 Å². The SMILES string of the molecule is CSc1ccccc1C(=O)N1CC(c2nc(-c3ccccc3)no2)C1. The molecule has 4 rings (SSSR count). The Kier molecular flexibility index (Phi) is 4.28. The van der Waals surface area contributed by atoms with Crippen LogP contribution >= 0.6 is 11.8 Å². The van der Waals surface area contributed by atoms with Crippen LogP contribution in [-0.2, 0) is 0 Å². The third-order valence-corrected chi connectivity index (χ3v) is 5.12. The molecule has 0 N–H and O–H groups in total. The van der Waals surface area contributed by atoms with Crippen LogP contribution in [0, 0.1) is 0 Å². The molecular weight excluding hydrogens is 334 g/mol. The summed E-state index contributed by atoms with van der Waals surface area (Å²) in [6.45, 7) is 1.22. The minimum atomic E-state index is 0.0593. The first-order valence-electron chi connectivity index (χ1n) is 8.07. The van der Waals surface area contributed by atoms with E-state index in [-0.39, 0.29) is 11.8 Å². The molecule has 0 atom stereocenters. The van der Waals surface area contributed by atoms with Gasteiger partial charge in [-0.25, -0.2) is 0 Å². The second-order valence-corrected chi connectivity index (χ2v) is 6.78. The van der Waals surface area contributed by atoms with Gasteiger partial charge in [0.25, 0.3) is 5.91 Å². The lowest BCUT2D eigenvalue weighted by molar-refractivity contribution is 0.0565. The molecule has 126 valence electrons. The summed E-state index contributed by atoms with van der Waals surface area (Å²) in [6.07, 6.45) is 1.98. The topological polar surface area (TPSA) is 59.2 Å². The molecule has 0 spiro atoms. The molecule has 3 aromatic rings. The van der Waals surface area contributed by atoms with Gasteiger partial charge in [-0.1, -0.05) is 47.6 Å². The van der Waals surface area contributed by atoms with E-state index in [4.69, 9.17) is 4.52 Å². The van der Waals surface area contributed by atoms with Gasteiger partial charge in [-0.05, 0) is 18.4 Å². The van der Waals surface area contributed by atoms with Crippen molar-refractivity contribution < 1.29 is 9.32 Å². The molecule has 1 aliphatic heterocycles. The summed E-state index contributed by atoms with van der Waals surface area (Å²) < 4.78 is 5.40. The maximum Gasteiger partial charge on any atom is 0.255 e. The molecule has 2 heterocycles. The van der Waals surface area contributed by atoms with Crippen molar-refractivity contribution in [1.29, 1.82) is 0 Å². The van der Waals surface area contributed by atoms with Crippen molar-refractivity contribution >= 4 is 17.7 Å². The van der Waals surface area contributed by atoms with E-state index in [0.717, 1.165) is 16.0 Å². The van der Waals surface area contributed by atoms with Gasteiger partial charge in [0, 0.05) is 23.5 Å². The fourth-order valence-electron chi connectivity index (χ4n) is 2.90. The number of thioether (sulfide) groups is 1. The molecule has 0 saturated carbocycles. The van der Waals surface area contributed by atoms with Crippen molar-refractivity contribution in [3.8, 4) is 11.4 Å². The number of benzene rings is 2.